The number of piperidine rings is 1. The van der Waals surface area contributed by atoms with Crippen LogP contribution >= 0.6 is 11.3 Å². The van der Waals surface area contributed by atoms with Crippen molar-refractivity contribution in [2.24, 2.45) is 5.92 Å². The van der Waals surface area contributed by atoms with Crippen molar-refractivity contribution in [3.8, 4) is 28.0 Å². The highest BCUT2D eigenvalue weighted by Gasteiger charge is 2.28. The molecule has 5 aromatic rings. The van der Waals surface area contributed by atoms with Gasteiger partial charge in [-0.2, -0.15) is 10.4 Å². The van der Waals surface area contributed by atoms with Crippen molar-refractivity contribution >= 4 is 51.0 Å². The Morgan fingerprint density at radius 2 is 1.66 bits per heavy atom. The summed E-state index contributed by atoms with van der Waals surface area (Å²) in [6.07, 6.45) is 7.94. The van der Waals surface area contributed by atoms with Gasteiger partial charge in [0.25, 0.3) is 0 Å². The molecule has 3 amide bonds. The van der Waals surface area contributed by atoms with Crippen LogP contribution in [0.25, 0.3) is 27.5 Å². The second-order valence-electron chi connectivity index (χ2n) is 14.9. The Bertz CT molecular complexity index is 2250. The zero-order valence-corrected chi connectivity index (χ0v) is 32.0. The summed E-state index contributed by atoms with van der Waals surface area (Å²) >= 11 is 1.61. The van der Waals surface area contributed by atoms with Gasteiger partial charge >= 0.3 is 6.03 Å². The van der Waals surface area contributed by atoms with E-state index in [0.717, 1.165) is 129 Å². The van der Waals surface area contributed by atoms with Gasteiger partial charge < -0.3 is 19.9 Å². The summed E-state index contributed by atoms with van der Waals surface area (Å²) in [6.45, 7) is 8.82. The van der Waals surface area contributed by atoms with E-state index in [1.165, 1.54) is 5.69 Å². The van der Waals surface area contributed by atoms with E-state index in [2.05, 4.69) is 64.9 Å². The quantitative estimate of drug-likeness (QED) is 0.210. The van der Waals surface area contributed by atoms with E-state index >= 15 is 0 Å². The number of pyridine rings is 1. The third-order valence-electron chi connectivity index (χ3n) is 11.4. The number of carbonyl (C=O) groups is 2. The van der Waals surface area contributed by atoms with Gasteiger partial charge in [0.2, 0.25) is 11.0 Å². The van der Waals surface area contributed by atoms with Crippen LogP contribution in [-0.4, -0.2) is 113 Å². The number of fused-ring (bicyclic) bond motifs is 1. The molecule has 15 nitrogen and oxygen atoms in total. The molecule has 0 bridgehead atoms. The number of nitrogens with one attached hydrogen (secondary N) is 2. The van der Waals surface area contributed by atoms with Crippen LogP contribution in [0.4, 0.5) is 27.0 Å². The molecule has 0 spiro atoms. The van der Waals surface area contributed by atoms with Crippen molar-refractivity contribution in [1.82, 2.24) is 35.0 Å². The van der Waals surface area contributed by atoms with Crippen LogP contribution in [0.2, 0.25) is 0 Å². The number of ether oxygens (including phenoxy) is 1. The third kappa shape index (κ3) is 7.62. The molecule has 4 saturated heterocycles. The fraction of sp³-hybridized carbons (Fsp3) is 0.425. The molecule has 9 rings (SSSR count). The normalized spacial score (nSPS) is 19.0. The van der Waals surface area contributed by atoms with Gasteiger partial charge in [-0.1, -0.05) is 11.3 Å². The minimum Gasteiger partial charge on any atom is -0.381 e. The standard InChI is InChI=1S/C40H44N12O3S/c41-23-28-21-32-5-6-36(52(32)43-24-28)35-22-34(44-29-10-19-55-20-11-29)33(25-42-35)38-46-47-40(56-38)50-17-15-48(16-18-50)26-27-7-12-49(13-8-27)30-1-3-31(4-2-30)51-14-9-37(53)45-39(51)54/h1-6,21-22,24-25,27,29H,7-20,26H2,(H,42,44)(H,45,53,54). The highest BCUT2D eigenvalue weighted by atomic mass is 32.1. The van der Waals surface area contributed by atoms with E-state index in [-0.39, 0.29) is 18.0 Å². The molecule has 288 valence electrons. The number of hydrogen-bond acceptors (Lipinski definition) is 13. The number of rotatable bonds is 9. The number of carbonyl (C=O) groups excluding carboxylic acids is 2. The summed E-state index contributed by atoms with van der Waals surface area (Å²) in [5.41, 5.74) is 6.88. The van der Waals surface area contributed by atoms with Crippen molar-refractivity contribution in [2.75, 3.05) is 85.6 Å². The number of hydrogen-bond donors (Lipinski definition) is 2. The lowest BCUT2D eigenvalue weighted by molar-refractivity contribution is -0.120. The predicted octanol–water partition coefficient (Wildman–Crippen LogP) is 4.86. The van der Waals surface area contributed by atoms with Crippen molar-refractivity contribution in [3.05, 3.63) is 66.5 Å². The van der Waals surface area contributed by atoms with Crippen molar-refractivity contribution in [1.29, 1.82) is 5.26 Å². The van der Waals surface area contributed by atoms with Gasteiger partial charge in [0.15, 0.2) is 5.01 Å². The number of anilines is 4. The summed E-state index contributed by atoms with van der Waals surface area (Å²) in [5, 5.41) is 31.1. The molecule has 4 aliphatic rings. The number of urea groups is 1. The number of amides is 3. The first kappa shape index (κ1) is 36.0. The minimum atomic E-state index is -0.352. The van der Waals surface area contributed by atoms with Gasteiger partial charge in [-0.3, -0.25) is 24.9 Å². The van der Waals surface area contributed by atoms with Crippen LogP contribution < -0.4 is 25.3 Å². The zero-order chi connectivity index (χ0) is 38.0. The maximum Gasteiger partial charge on any atom is 0.328 e. The average Bonchev–Trinajstić information content (AvgIpc) is 3.90. The smallest absolute Gasteiger partial charge is 0.328 e. The van der Waals surface area contributed by atoms with E-state index < -0.39 is 0 Å². The highest BCUT2D eigenvalue weighted by Crippen LogP contribution is 2.37. The van der Waals surface area contributed by atoms with E-state index in [4.69, 9.17) is 9.72 Å². The second kappa shape index (κ2) is 15.8. The number of benzene rings is 1. The molecule has 8 heterocycles. The summed E-state index contributed by atoms with van der Waals surface area (Å²) < 4.78 is 7.45. The van der Waals surface area contributed by atoms with Gasteiger partial charge in [0.05, 0.1) is 34.2 Å². The SMILES string of the molecule is N#Cc1cnn2c(-c3cc(NC4CCOCC4)c(-c4nnc(N5CCN(CC6CCN(c7ccc(N8CCC(=O)NC8=O)cc7)CC6)CC5)s4)cn3)ccc2c1. The molecule has 0 unspecified atom stereocenters. The number of imide groups is 1. The summed E-state index contributed by atoms with van der Waals surface area (Å²) in [5.74, 6) is 0.440. The molecule has 0 saturated carbocycles. The van der Waals surface area contributed by atoms with Crippen molar-refractivity contribution in [3.63, 3.8) is 0 Å². The predicted molar refractivity (Wildman–Crippen MR) is 215 cm³/mol. The Hall–Kier alpha value is -5.63. The fourth-order valence-corrected chi connectivity index (χ4v) is 9.09. The molecule has 1 aromatic carbocycles. The Balaban J connectivity index is 0.810. The number of piperazine rings is 1. The van der Waals surface area contributed by atoms with Gasteiger partial charge in [-0.05, 0) is 80.1 Å². The number of nitrogens with zero attached hydrogens (tertiary/aromatic N) is 10. The lowest BCUT2D eigenvalue weighted by atomic mass is 9.95. The van der Waals surface area contributed by atoms with E-state index in [9.17, 15) is 14.9 Å². The van der Waals surface area contributed by atoms with Gasteiger partial charge in [-0.15, -0.1) is 10.2 Å². The monoisotopic (exact) mass is 772 g/mol. The van der Waals surface area contributed by atoms with E-state index in [1.54, 1.807) is 22.4 Å². The van der Waals surface area contributed by atoms with Gasteiger partial charge in [0.1, 0.15) is 6.07 Å². The first-order valence-electron chi connectivity index (χ1n) is 19.5. The average molecular weight is 773 g/mol. The maximum absolute atomic E-state index is 12.2. The molecule has 0 aliphatic carbocycles. The Morgan fingerprint density at radius 3 is 2.43 bits per heavy atom. The summed E-state index contributed by atoms with van der Waals surface area (Å²) in [7, 11) is 0. The first-order valence-corrected chi connectivity index (χ1v) is 20.3. The number of nitriles is 1. The molecule has 16 heteroatoms. The molecular formula is C40H44N12O3S. The van der Waals surface area contributed by atoms with Crippen LogP contribution in [0.5, 0.6) is 0 Å². The van der Waals surface area contributed by atoms with Crippen LogP contribution in [0.1, 0.15) is 37.7 Å². The van der Waals surface area contributed by atoms with Crippen LogP contribution in [0.15, 0.2) is 60.9 Å². The molecule has 0 atom stereocenters. The summed E-state index contributed by atoms with van der Waals surface area (Å²) in [6, 6.07) is 18.1. The zero-order valence-electron chi connectivity index (χ0n) is 31.1. The fourth-order valence-electron chi connectivity index (χ4n) is 8.17. The van der Waals surface area contributed by atoms with Crippen molar-refractivity contribution in [2.45, 2.75) is 38.1 Å². The maximum atomic E-state index is 12.2. The lowest BCUT2D eigenvalue weighted by Crippen LogP contribution is -2.49. The third-order valence-corrected chi connectivity index (χ3v) is 12.4. The van der Waals surface area contributed by atoms with Gasteiger partial charge in [0, 0.05) is 101 Å². The highest BCUT2D eigenvalue weighted by molar-refractivity contribution is 7.18. The van der Waals surface area contributed by atoms with E-state index in [1.807, 2.05) is 41.0 Å². The minimum absolute atomic E-state index is 0.219. The van der Waals surface area contributed by atoms with E-state index in [0.29, 0.717) is 24.4 Å². The second-order valence-corrected chi connectivity index (χ2v) is 15.9. The summed E-state index contributed by atoms with van der Waals surface area (Å²) in [4.78, 5) is 37.7. The lowest BCUT2D eigenvalue weighted by Gasteiger charge is -2.39. The van der Waals surface area contributed by atoms with Crippen molar-refractivity contribution < 1.29 is 14.3 Å². The Kier molecular flexibility index (Phi) is 10.2. The Labute approximate surface area is 328 Å². The van der Waals surface area contributed by atoms with Crippen LogP contribution in [0, 0.1) is 17.2 Å². The van der Waals surface area contributed by atoms with Crippen LogP contribution in [-0.2, 0) is 9.53 Å². The molecule has 2 N–H and O–H groups in total. The molecule has 4 aromatic heterocycles. The topological polar surface area (TPSA) is 160 Å². The first-order chi connectivity index (χ1) is 27.5. The molecule has 56 heavy (non-hydrogen) atoms. The van der Waals surface area contributed by atoms with Crippen LogP contribution in [0.3, 0.4) is 0 Å². The molecule has 4 fully saturated rings. The van der Waals surface area contributed by atoms with Gasteiger partial charge in [-0.25, -0.2) is 9.31 Å². The molecule has 4 aliphatic heterocycles. The molecule has 0 radical (unpaired) electrons. The Morgan fingerprint density at radius 1 is 0.875 bits per heavy atom. The largest absolute Gasteiger partial charge is 0.381 e. The number of aromatic nitrogens is 5. The molecular weight excluding hydrogens is 729 g/mol.